The minimum atomic E-state index is 0.473. The Kier molecular flexibility index (Phi) is 8.34. The molecular weight excluding hydrogens is 300 g/mol. The SMILES string of the molecule is C1CCC(CNCC2CCC(CNCC3CCCCO3)CC2)OC1. The summed E-state index contributed by atoms with van der Waals surface area (Å²) < 4.78 is 11.6. The van der Waals surface area contributed by atoms with Gasteiger partial charge in [0, 0.05) is 26.3 Å². The van der Waals surface area contributed by atoms with Crippen LogP contribution in [0.3, 0.4) is 0 Å². The van der Waals surface area contributed by atoms with Crippen LogP contribution in [0.2, 0.25) is 0 Å². The van der Waals surface area contributed by atoms with E-state index < -0.39 is 0 Å². The van der Waals surface area contributed by atoms with Crippen LogP contribution < -0.4 is 10.6 Å². The number of ether oxygens (including phenoxy) is 2. The molecule has 3 rings (SSSR count). The van der Waals surface area contributed by atoms with E-state index in [9.17, 15) is 0 Å². The summed E-state index contributed by atoms with van der Waals surface area (Å²) in [6.07, 6.45) is 14.2. The summed E-state index contributed by atoms with van der Waals surface area (Å²) in [4.78, 5) is 0. The summed E-state index contributed by atoms with van der Waals surface area (Å²) >= 11 is 0. The van der Waals surface area contributed by atoms with Gasteiger partial charge in [0.1, 0.15) is 0 Å². The molecule has 2 unspecified atom stereocenters. The number of hydrogen-bond donors (Lipinski definition) is 2. The van der Waals surface area contributed by atoms with Crippen LogP contribution in [0.5, 0.6) is 0 Å². The van der Waals surface area contributed by atoms with Crippen molar-refractivity contribution in [2.24, 2.45) is 11.8 Å². The van der Waals surface area contributed by atoms with Crippen molar-refractivity contribution in [3.63, 3.8) is 0 Å². The molecule has 24 heavy (non-hydrogen) atoms. The summed E-state index contributed by atoms with van der Waals surface area (Å²) in [6.45, 7) is 6.43. The third-order valence-electron chi connectivity index (χ3n) is 6.12. The van der Waals surface area contributed by atoms with Gasteiger partial charge in [0.15, 0.2) is 0 Å². The first-order valence-electron chi connectivity index (χ1n) is 10.5. The zero-order valence-electron chi connectivity index (χ0n) is 15.4. The van der Waals surface area contributed by atoms with Crippen LogP contribution in [0, 0.1) is 11.8 Å². The zero-order valence-corrected chi connectivity index (χ0v) is 15.4. The maximum Gasteiger partial charge on any atom is 0.0699 e. The fourth-order valence-electron chi connectivity index (χ4n) is 4.47. The lowest BCUT2D eigenvalue weighted by Gasteiger charge is -2.30. The molecule has 3 fully saturated rings. The molecule has 2 saturated heterocycles. The first kappa shape index (κ1) is 18.6. The highest BCUT2D eigenvalue weighted by atomic mass is 16.5. The van der Waals surface area contributed by atoms with Crippen LogP contribution in [0.15, 0.2) is 0 Å². The molecule has 2 heterocycles. The van der Waals surface area contributed by atoms with E-state index in [1.165, 1.54) is 77.3 Å². The van der Waals surface area contributed by atoms with Crippen LogP contribution >= 0.6 is 0 Å². The van der Waals surface area contributed by atoms with E-state index >= 15 is 0 Å². The average Bonchev–Trinajstić information content (AvgIpc) is 2.65. The summed E-state index contributed by atoms with van der Waals surface area (Å²) in [5.74, 6) is 1.76. The van der Waals surface area contributed by atoms with Crippen molar-refractivity contribution < 1.29 is 9.47 Å². The van der Waals surface area contributed by atoms with Crippen molar-refractivity contribution in [1.29, 1.82) is 0 Å². The number of rotatable bonds is 8. The van der Waals surface area contributed by atoms with E-state index in [2.05, 4.69) is 10.6 Å². The molecule has 140 valence electrons. The van der Waals surface area contributed by atoms with Gasteiger partial charge in [-0.1, -0.05) is 0 Å². The monoisotopic (exact) mass is 338 g/mol. The van der Waals surface area contributed by atoms with E-state index in [1.807, 2.05) is 0 Å². The van der Waals surface area contributed by atoms with Gasteiger partial charge >= 0.3 is 0 Å². The van der Waals surface area contributed by atoms with Gasteiger partial charge in [-0.15, -0.1) is 0 Å². The Labute approximate surface area is 148 Å². The Hall–Kier alpha value is -0.160. The zero-order chi connectivity index (χ0) is 16.5. The Morgan fingerprint density at radius 1 is 0.542 bits per heavy atom. The smallest absolute Gasteiger partial charge is 0.0699 e. The molecule has 2 N–H and O–H groups in total. The maximum absolute atomic E-state index is 5.80. The third-order valence-corrected chi connectivity index (χ3v) is 6.12. The fourth-order valence-corrected chi connectivity index (χ4v) is 4.47. The normalized spacial score (nSPS) is 35.0. The predicted octanol–water partition coefficient (Wildman–Crippen LogP) is 3.11. The molecule has 2 atom stereocenters. The van der Waals surface area contributed by atoms with Crippen molar-refractivity contribution >= 4 is 0 Å². The quantitative estimate of drug-likeness (QED) is 0.714. The van der Waals surface area contributed by atoms with Gasteiger partial charge in [0.25, 0.3) is 0 Å². The maximum atomic E-state index is 5.80. The molecule has 0 aromatic rings. The second kappa shape index (κ2) is 10.7. The minimum absolute atomic E-state index is 0.473. The van der Waals surface area contributed by atoms with E-state index in [0.29, 0.717) is 12.2 Å². The van der Waals surface area contributed by atoms with E-state index in [0.717, 1.165) is 38.1 Å². The number of nitrogens with one attached hydrogen (secondary N) is 2. The standard InChI is InChI=1S/C20H38N2O2/c1-3-11-23-19(5-1)15-21-13-17-7-9-18(10-8-17)14-22-16-20-6-2-4-12-24-20/h17-22H,1-16H2. The summed E-state index contributed by atoms with van der Waals surface area (Å²) in [5.41, 5.74) is 0. The van der Waals surface area contributed by atoms with Crippen LogP contribution in [0.25, 0.3) is 0 Å². The summed E-state index contributed by atoms with van der Waals surface area (Å²) in [6, 6.07) is 0. The Morgan fingerprint density at radius 2 is 1.00 bits per heavy atom. The molecule has 0 aromatic carbocycles. The van der Waals surface area contributed by atoms with Gasteiger partial charge in [-0.25, -0.2) is 0 Å². The molecule has 2 aliphatic heterocycles. The summed E-state index contributed by atoms with van der Waals surface area (Å²) in [5, 5.41) is 7.34. The molecule has 0 spiro atoms. The molecule has 4 nitrogen and oxygen atoms in total. The van der Waals surface area contributed by atoms with Crippen LogP contribution in [-0.4, -0.2) is 51.6 Å². The van der Waals surface area contributed by atoms with Crippen molar-refractivity contribution in [1.82, 2.24) is 10.6 Å². The van der Waals surface area contributed by atoms with Crippen molar-refractivity contribution in [3.05, 3.63) is 0 Å². The fraction of sp³-hybridized carbons (Fsp3) is 1.00. The topological polar surface area (TPSA) is 42.5 Å². The molecule has 0 bridgehead atoms. The molecule has 1 aliphatic carbocycles. The van der Waals surface area contributed by atoms with Gasteiger partial charge in [0.05, 0.1) is 12.2 Å². The molecule has 0 radical (unpaired) electrons. The van der Waals surface area contributed by atoms with E-state index in [1.54, 1.807) is 0 Å². The highest BCUT2D eigenvalue weighted by Crippen LogP contribution is 2.28. The first-order valence-corrected chi connectivity index (χ1v) is 10.5. The van der Waals surface area contributed by atoms with Gasteiger partial charge in [-0.2, -0.15) is 0 Å². The molecule has 0 amide bonds. The number of hydrogen-bond acceptors (Lipinski definition) is 4. The lowest BCUT2D eigenvalue weighted by atomic mass is 9.82. The Balaban J connectivity index is 1.19. The Morgan fingerprint density at radius 3 is 1.38 bits per heavy atom. The first-order chi connectivity index (χ1) is 11.9. The lowest BCUT2D eigenvalue weighted by molar-refractivity contribution is 0.0154. The van der Waals surface area contributed by atoms with Gasteiger partial charge in [0.2, 0.25) is 0 Å². The van der Waals surface area contributed by atoms with Crippen LogP contribution in [0.4, 0.5) is 0 Å². The van der Waals surface area contributed by atoms with Crippen molar-refractivity contribution in [3.8, 4) is 0 Å². The van der Waals surface area contributed by atoms with Crippen molar-refractivity contribution in [2.45, 2.75) is 76.4 Å². The Bertz CT molecular complexity index is 288. The molecule has 4 heteroatoms. The highest BCUT2D eigenvalue weighted by molar-refractivity contribution is 4.77. The van der Waals surface area contributed by atoms with E-state index in [4.69, 9.17) is 9.47 Å². The van der Waals surface area contributed by atoms with Crippen molar-refractivity contribution in [2.75, 3.05) is 39.4 Å². The lowest BCUT2D eigenvalue weighted by Crippen LogP contribution is -2.37. The summed E-state index contributed by atoms with van der Waals surface area (Å²) in [7, 11) is 0. The average molecular weight is 339 g/mol. The molecule has 1 saturated carbocycles. The second-order valence-electron chi connectivity index (χ2n) is 8.18. The van der Waals surface area contributed by atoms with Gasteiger partial charge in [-0.05, 0) is 89.1 Å². The molecule has 0 aromatic heterocycles. The van der Waals surface area contributed by atoms with Crippen LogP contribution in [0.1, 0.15) is 64.2 Å². The second-order valence-corrected chi connectivity index (χ2v) is 8.18. The highest BCUT2D eigenvalue weighted by Gasteiger charge is 2.22. The van der Waals surface area contributed by atoms with Gasteiger partial charge in [-0.3, -0.25) is 0 Å². The van der Waals surface area contributed by atoms with E-state index in [-0.39, 0.29) is 0 Å². The minimum Gasteiger partial charge on any atom is -0.377 e. The third kappa shape index (κ3) is 6.62. The largest absolute Gasteiger partial charge is 0.377 e. The molecule has 3 aliphatic rings. The molecular formula is C20H38N2O2. The van der Waals surface area contributed by atoms with Crippen LogP contribution in [-0.2, 0) is 9.47 Å². The predicted molar refractivity (Wildman–Crippen MR) is 98.4 cm³/mol. The van der Waals surface area contributed by atoms with Gasteiger partial charge < -0.3 is 20.1 Å².